The van der Waals surface area contributed by atoms with Crippen LogP contribution in [0.2, 0.25) is 5.02 Å². The van der Waals surface area contributed by atoms with Crippen LogP contribution in [-0.4, -0.2) is 37.4 Å². The van der Waals surface area contributed by atoms with Gasteiger partial charge in [0.15, 0.2) is 12.4 Å². The zero-order chi connectivity index (χ0) is 17.8. The van der Waals surface area contributed by atoms with Gasteiger partial charge in [-0.1, -0.05) is 11.6 Å². The predicted octanol–water partition coefficient (Wildman–Crippen LogP) is 2.58. The summed E-state index contributed by atoms with van der Waals surface area (Å²) in [5.74, 6) is 0.521. The number of hydrogen-bond acceptors (Lipinski definition) is 4. The van der Waals surface area contributed by atoms with Gasteiger partial charge in [0.1, 0.15) is 5.75 Å². The van der Waals surface area contributed by atoms with E-state index in [0.29, 0.717) is 23.0 Å². The van der Waals surface area contributed by atoms with Crippen molar-refractivity contribution in [3.63, 3.8) is 0 Å². The minimum Gasteiger partial charge on any atom is -0.471 e. The minimum absolute atomic E-state index is 0.161. The molecular formula is C17H18ClN5O2. The second kappa shape index (κ2) is 7.40. The zero-order valence-electron chi connectivity index (χ0n) is 14.0. The molecule has 2 aromatic heterocycles. The quantitative estimate of drug-likeness (QED) is 0.678. The van der Waals surface area contributed by atoms with Crippen LogP contribution in [0.4, 0.5) is 0 Å². The summed E-state index contributed by atoms with van der Waals surface area (Å²) in [5, 5.41) is 9.01. The van der Waals surface area contributed by atoms with Crippen molar-refractivity contribution in [2.24, 2.45) is 7.05 Å². The highest BCUT2D eigenvalue weighted by Gasteiger charge is 2.16. The molecule has 0 aliphatic rings. The minimum atomic E-state index is -0.161. The van der Waals surface area contributed by atoms with Gasteiger partial charge in [0.2, 0.25) is 0 Å². The van der Waals surface area contributed by atoms with Gasteiger partial charge in [0.05, 0.1) is 12.2 Å². The van der Waals surface area contributed by atoms with Gasteiger partial charge >= 0.3 is 0 Å². The van der Waals surface area contributed by atoms with Crippen LogP contribution in [0.1, 0.15) is 16.2 Å². The lowest BCUT2D eigenvalue weighted by Crippen LogP contribution is -2.27. The van der Waals surface area contributed by atoms with Crippen LogP contribution in [-0.2, 0) is 20.3 Å². The van der Waals surface area contributed by atoms with Gasteiger partial charge in [0.25, 0.3) is 5.91 Å². The number of aromatic nitrogens is 4. The molecule has 8 heteroatoms. The van der Waals surface area contributed by atoms with Gasteiger partial charge in [0, 0.05) is 31.5 Å². The summed E-state index contributed by atoms with van der Waals surface area (Å²) in [6.45, 7) is 0.670. The Hall–Kier alpha value is -2.80. The maximum absolute atomic E-state index is 12.5. The standard InChI is InChI=1S/C17H18ClN5O2/c1-21(11-14-7-9-19-22(14)2)17(24)16-8-10-23(20-16)12-25-15-5-3-13(18)4-6-15/h3-10H,11-12H2,1-2H3. The average molecular weight is 360 g/mol. The van der Waals surface area contributed by atoms with E-state index in [-0.39, 0.29) is 12.6 Å². The van der Waals surface area contributed by atoms with E-state index in [0.717, 1.165) is 5.69 Å². The van der Waals surface area contributed by atoms with Crippen molar-refractivity contribution in [3.05, 3.63) is 65.2 Å². The molecule has 25 heavy (non-hydrogen) atoms. The first kappa shape index (κ1) is 17.0. The van der Waals surface area contributed by atoms with E-state index in [1.807, 2.05) is 13.1 Å². The van der Waals surface area contributed by atoms with E-state index in [1.165, 1.54) is 0 Å². The van der Waals surface area contributed by atoms with Crippen LogP contribution >= 0.6 is 11.6 Å². The second-order valence-corrected chi connectivity index (χ2v) is 6.01. The normalized spacial score (nSPS) is 10.7. The van der Waals surface area contributed by atoms with Crippen LogP contribution in [0.25, 0.3) is 0 Å². The summed E-state index contributed by atoms with van der Waals surface area (Å²) >= 11 is 5.84. The number of carbonyl (C=O) groups is 1. The molecule has 0 atom stereocenters. The Morgan fingerprint density at radius 3 is 2.68 bits per heavy atom. The molecule has 0 radical (unpaired) electrons. The smallest absolute Gasteiger partial charge is 0.274 e. The summed E-state index contributed by atoms with van der Waals surface area (Å²) in [4.78, 5) is 14.1. The highest BCUT2D eigenvalue weighted by Crippen LogP contribution is 2.16. The van der Waals surface area contributed by atoms with Gasteiger partial charge < -0.3 is 9.64 Å². The van der Waals surface area contributed by atoms with Crippen molar-refractivity contribution in [3.8, 4) is 5.75 Å². The molecule has 7 nitrogen and oxygen atoms in total. The largest absolute Gasteiger partial charge is 0.471 e. The number of nitrogens with zero attached hydrogens (tertiary/aromatic N) is 5. The first-order valence-corrected chi connectivity index (χ1v) is 8.05. The lowest BCUT2D eigenvalue weighted by Gasteiger charge is -2.15. The highest BCUT2D eigenvalue weighted by atomic mass is 35.5. The number of ether oxygens (including phenoxy) is 1. The second-order valence-electron chi connectivity index (χ2n) is 5.58. The fourth-order valence-electron chi connectivity index (χ4n) is 2.29. The maximum Gasteiger partial charge on any atom is 0.274 e. The summed E-state index contributed by atoms with van der Waals surface area (Å²) in [7, 11) is 3.58. The summed E-state index contributed by atoms with van der Waals surface area (Å²) in [5.41, 5.74) is 1.31. The van der Waals surface area contributed by atoms with E-state index in [4.69, 9.17) is 16.3 Å². The van der Waals surface area contributed by atoms with Crippen LogP contribution in [0.5, 0.6) is 5.75 Å². The molecular weight excluding hydrogens is 342 g/mol. The number of hydrogen-bond donors (Lipinski definition) is 0. The van der Waals surface area contributed by atoms with E-state index in [1.54, 1.807) is 64.0 Å². The Bertz CT molecular complexity index is 856. The van der Waals surface area contributed by atoms with E-state index in [9.17, 15) is 4.79 Å². The molecule has 0 saturated carbocycles. The number of halogens is 1. The maximum atomic E-state index is 12.5. The number of benzene rings is 1. The molecule has 1 aromatic carbocycles. The fourth-order valence-corrected chi connectivity index (χ4v) is 2.41. The Balaban J connectivity index is 1.59. The highest BCUT2D eigenvalue weighted by molar-refractivity contribution is 6.30. The summed E-state index contributed by atoms with van der Waals surface area (Å²) in [6, 6.07) is 10.6. The Morgan fingerprint density at radius 2 is 2.00 bits per heavy atom. The third-order valence-electron chi connectivity index (χ3n) is 3.71. The van der Waals surface area contributed by atoms with Gasteiger partial charge in [-0.15, -0.1) is 0 Å². The zero-order valence-corrected chi connectivity index (χ0v) is 14.7. The Labute approximate surface area is 150 Å². The van der Waals surface area contributed by atoms with Crippen molar-refractivity contribution in [2.45, 2.75) is 13.3 Å². The topological polar surface area (TPSA) is 65.2 Å². The number of aryl methyl sites for hydroxylation is 1. The SMILES string of the molecule is CN(Cc1ccnn1C)C(=O)c1ccn(COc2ccc(Cl)cc2)n1. The third kappa shape index (κ3) is 4.19. The molecule has 1 amide bonds. The molecule has 0 unspecified atom stereocenters. The molecule has 3 aromatic rings. The van der Waals surface area contributed by atoms with Crippen molar-refractivity contribution in [2.75, 3.05) is 7.05 Å². The van der Waals surface area contributed by atoms with Gasteiger partial charge in [-0.05, 0) is 36.4 Å². The molecule has 0 spiro atoms. The summed E-state index contributed by atoms with van der Waals surface area (Å²) in [6.07, 6.45) is 3.41. The third-order valence-corrected chi connectivity index (χ3v) is 3.96. The molecule has 0 saturated heterocycles. The first-order chi connectivity index (χ1) is 12.0. The van der Waals surface area contributed by atoms with Crippen LogP contribution in [0.3, 0.4) is 0 Å². The first-order valence-electron chi connectivity index (χ1n) is 7.67. The number of rotatable bonds is 6. The molecule has 0 aliphatic carbocycles. The molecule has 0 aliphatic heterocycles. The Morgan fingerprint density at radius 1 is 1.24 bits per heavy atom. The molecule has 0 N–H and O–H groups in total. The van der Waals surface area contributed by atoms with Crippen LogP contribution in [0.15, 0.2) is 48.8 Å². The van der Waals surface area contributed by atoms with Crippen molar-refractivity contribution in [1.82, 2.24) is 24.5 Å². The lowest BCUT2D eigenvalue weighted by molar-refractivity contribution is 0.0774. The van der Waals surface area contributed by atoms with Gasteiger partial charge in [-0.2, -0.15) is 10.2 Å². The monoisotopic (exact) mass is 359 g/mol. The lowest BCUT2D eigenvalue weighted by atomic mass is 10.3. The van der Waals surface area contributed by atoms with E-state index in [2.05, 4.69) is 10.2 Å². The van der Waals surface area contributed by atoms with Crippen LogP contribution < -0.4 is 4.74 Å². The molecule has 2 heterocycles. The average Bonchev–Trinajstić information content (AvgIpc) is 3.23. The molecule has 3 rings (SSSR count). The number of carbonyl (C=O) groups excluding carboxylic acids is 1. The molecule has 130 valence electrons. The van der Waals surface area contributed by atoms with Crippen LogP contribution in [0, 0.1) is 0 Å². The van der Waals surface area contributed by atoms with Crippen molar-refractivity contribution < 1.29 is 9.53 Å². The van der Waals surface area contributed by atoms with Crippen molar-refractivity contribution in [1.29, 1.82) is 0 Å². The summed E-state index contributed by atoms with van der Waals surface area (Å²) < 4.78 is 8.91. The molecule has 0 bridgehead atoms. The Kier molecular flexibility index (Phi) is 5.04. The van der Waals surface area contributed by atoms with Gasteiger partial charge in [-0.25, -0.2) is 4.68 Å². The predicted molar refractivity (Wildman–Crippen MR) is 93.3 cm³/mol. The van der Waals surface area contributed by atoms with E-state index >= 15 is 0 Å². The van der Waals surface area contributed by atoms with E-state index < -0.39 is 0 Å². The fraction of sp³-hybridized carbons (Fsp3) is 0.235. The van der Waals surface area contributed by atoms with Crippen molar-refractivity contribution >= 4 is 17.5 Å². The van der Waals surface area contributed by atoms with Gasteiger partial charge in [-0.3, -0.25) is 9.48 Å². The molecule has 0 fully saturated rings. The number of amides is 1.